The Morgan fingerprint density at radius 2 is 2.00 bits per heavy atom. The van der Waals surface area contributed by atoms with Crippen molar-refractivity contribution in [1.29, 1.82) is 0 Å². The van der Waals surface area contributed by atoms with Crippen LogP contribution in [0.25, 0.3) is 5.65 Å². The molecule has 6 nitrogen and oxygen atoms in total. The normalized spacial score (nSPS) is 15.7. The van der Waals surface area contributed by atoms with E-state index in [0.717, 1.165) is 41.2 Å². The molecule has 0 bridgehead atoms. The summed E-state index contributed by atoms with van der Waals surface area (Å²) in [5.41, 5.74) is 3.26. The largest absolute Gasteiger partial charge is 0.486 e. The molecule has 0 spiro atoms. The topological polar surface area (TPSA) is 56.1 Å². The highest BCUT2D eigenvalue weighted by molar-refractivity contribution is 5.95. The van der Waals surface area contributed by atoms with Gasteiger partial charge < -0.3 is 14.4 Å². The minimum absolute atomic E-state index is 0.0311. The number of amides is 1. The van der Waals surface area contributed by atoms with Crippen LogP contribution < -0.4 is 9.47 Å². The van der Waals surface area contributed by atoms with Gasteiger partial charge in [0.25, 0.3) is 5.91 Å². The monoisotopic (exact) mass is 363 g/mol. The Morgan fingerprint density at radius 1 is 1.19 bits per heavy atom. The molecule has 3 aromatic rings. The van der Waals surface area contributed by atoms with Crippen LogP contribution in [-0.2, 0) is 6.54 Å². The number of ether oxygens (including phenoxy) is 2. The van der Waals surface area contributed by atoms with Gasteiger partial charge in [-0.1, -0.05) is 12.1 Å². The Labute approximate surface area is 157 Å². The summed E-state index contributed by atoms with van der Waals surface area (Å²) in [6.45, 7) is 3.59. The van der Waals surface area contributed by atoms with E-state index in [-0.39, 0.29) is 5.91 Å². The molecule has 2 aliphatic rings. The van der Waals surface area contributed by atoms with Gasteiger partial charge in [-0.15, -0.1) is 0 Å². The molecule has 1 fully saturated rings. The number of hydrogen-bond acceptors (Lipinski definition) is 4. The molecule has 138 valence electrons. The maximum atomic E-state index is 13.4. The molecule has 1 aliphatic heterocycles. The van der Waals surface area contributed by atoms with Crippen LogP contribution in [0.2, 0.25) is 0 Å². The van der Waals surface area contributed by atoms with Gasteiger partial charge >= 0.3 is 0 Å². The number of nitrogens with zero attached hydrogens (tertiary/aromatic N) is 3. The lowest BCUT2D eigenvalue weighted by molar-refractivity contribution is 0.0721. The molecule has 1 amide bonds. The van der Waals surface area contributed by atoms with Crippen LogP contribution in [0.5, 0.6) is 11.5 Å². The first-order valence-corrected chi connectivity index (χ1v) is 9.34. The third kappa shape index (κ3) is 2.91. The van der Waals surface area contributed by atoms with Crippen LogP contribution in [0.4, 0.5) is 0 Å². The highest BCUT2D eigenvalue weighted by Gasteiger charge is 2.35. The number of hydrogen-bond donors (Lipinski definition) is 0. The van der Waals surface area contributed by atoms with Crippen molar-refractivity contribution in [3.8, 4) is 11.5 Å². The van der Waals surface area contributed by atoms with E-state index in [1.807, 2.05) is 58.8 Å². The predicted molar refractivity (Wildman–Crippen MR) is 100 cm³/mol. The quantitative estimate of drug-likeness (QED) is 0.714. The van der Waals surface area contributed by atoms with E-state index in [1.54, 1.807) is 0 Å². The van der Waals surface area contributed by atoms with Gasteiger partial charge in [-0.3, -0.25) is 9.20 Å². The predicted octanol–water partition coefficient (Wildman–Crippen LogP) is 3.22. The second-order valence-corrected chi connectivity index (χ2v) is 7.12. The summed E-state index contributed by atoms with van der Waals surface area (Å²) < 4.78 is 13.2. The van der Waals surface area contributed by atoms with Crippen molar-refractivity contribution in [3.63, 3.8) is 0 Å². The van der Waals surface area contributed by atoms with E-state index in [4.69, 9.17) is 9.47 Å². The lowest BCUT2D eigenvalue weighted by Gasteiger charge is -2.24. The second kappa shape index (κ2) is 6.30. The Bertz CT molecular complexity index is 1020. The number of fused-ring (bicyclic) bond motifs is 2. The zero-order valence-corrected chi connectivity index (χ0v) is 15.2. The highest BCUT2D eigenvalue weighted by Crippen LogP contribution is 2.34. The van der Waals surface area contributed by atoms with Gasteiger partial charge in [-0.25, -0.2) is 4.98 Å². The lowest BCUT2D eigenvalue weighted by Crippen LogP contribution is -2.34. The van der Waals surface area contributed by atoms with Crippen LogP contribution in [-0.4, -0.2) is 39.4 Å². The number of pyridine rings is 1. The Morgan fingerprint density at radius 3 is 2.81 bits per heavy atom. The molecule has 1 saturated carbocycles. The van der Waals surface area contributed by atoms with Gasteiger partial charge in [0.15, 0.2) is 11.5 Å². The highest BCUT2D eigenvalue weighted by atomic mass is 16.6. The van der Waals surface area contributed by atoms with E-state index in [9.17, 15) is 4.79 Å². The number of carbonyl (C=O) groups excluding carboxylic acids is 1. The summed E-state index contributed by atoms with van der Waals surface area (Å²) in [6.07, 6.45) is 4.00. The maximum absolute atomic E-state index is 13.4. The molecule has 6 heteroatoms. The molecular formula is C21H21N3O3. The lowest BCUT2D eigenvalue weighted by atomic mass is 10.1. The number of benzene rings is 1. The van der Waals surface area contributed by atoms with Crippen LogP contribution in [0.3, 0.4) is 0 Å². The SMILES string of the molecule is Cc1nc2ccccn2c1C(=O)N(Cc1ccc2c(c1)OCCO2)C1CC1. The minimum Gasteiger partial charge on any atom is -0.486 e. The van der Waals surface area contributed by atoms with Crippen molar-refractivity contribution in [1.82, 2.24) is 14.3 Å². The van der Waals surface area contributed by atoms with Crippen molar-refractivity contribution < 1.29 is 14.3 Å². The van der Waals surface area contributed by atoms with E-state index in [2.05, 4.69) is 4.98 Å². The molecule has 1 aliphatic carbocycles. The molecule has 3 heterocycles. The molecule has 0 unspecified atom stereocenters. The molecule has 0 radical (unpaired) electrons. The van der Waals surface area contributed by atoms with Crippen LogP contribution in [0.1, 0.15) is 34.6 Å². The Kier molecular flexibility index (Phi) is 3.77. The van der Waals surface area contributed by atoms with E-state index >= 15 is 0 Å². The first kappa shape index (κ1) is 16.2. The average molecular weight is 363 g/mol. The summed E-state index contributed by atoms with van der Waals surface area (Å²) in [5, 5.41) is 0. The molecule has 0 N–H and O–H groups in total. The first-order chi connectivity index (χ1) is 13.2. The maximum Gasteiger partial charge on any atom is 0.273 e. The third-order valence-electron chi connectivity index (χ3n) is 5.11. The Balaban J connectivity index is 1.47. The summed E-state index contributed by atoms with van der Waals surface area (Å²) in [6, 6.07) is 12.0. The van der Waals surface area contributed by atoms with Crippen molar-refractivity contribution in [3.05, 3.63) is 59.5 Å². The van der Waals surface area contributed by atoms with Crippen molar-refractivity contribution >= 4 is 11.6 Å². The number of aryl methyl sites for hydroxylation is 1. The zero-order chi connectivity index (χ0) is 18.4. The molecule has 0 saturated heterocycles. The summed E-state index contributed by atoms with van der Waals surface area (Å²) in [7, 11) is 0. The Hall–Kier alpha value is -3.02. The van der Waals surface area contributed by atoms with E-state index in [0.29, 0.717) is 31.5 Å². The van der Waals surface area contributed by atoms with Gasteiger partial charge in [-0.05, 0) is 49.6 Å². The molecule has 5 rings (SSSR count). The summed E-state index contributed by atoms with van der Waals surface area (Å²) in [4.78, 5) is 19.9. The smallest absolute Gasteiger partial charge is 0.273 e. The molecule has 2 aromatic heterocycles. The van der Waals surface area contributed by atoms with Crippen LogP contribution in [0, 0.1) is 6.92 Å². The minimum atomic E-state index is 0.0311. The average Bonchev–Trinajstić information content (AvgIpc) is 3.47. The zero-order valence-electron chi connectivity index (χ0n) is 15.2. The molecule has 1 aromatic carbocycles. The molecule has 27 heavy (non-hydrogen) atoms. The molecule has 0 atom stereocenters. The summed E-state index contributed by atoms with van der Waals surface area (Å²) >= 11 is 0. The first-order valence-electron chi connectivity index (χ1n) is 9.34. The van der Waals surface area contributed by atoms with E-state index < -0.39 is 0 Å². The van der Waals surface area contributed by atoms with Gasteiger partial charge in [0.05, 0.1) is 5.69 Å². The standard InChI is InChI=1S/C21H21N3O3/c1-14-20(23-9-3-2-4-19(23)22-14)21(25)24(16-6-7-16)13-15-5-8-17-18(12-15)27-11-10-26-17/h2-5,8-9,12,16H,6-7,10-11,13H2,1H3. The number of aromatic nitrogens is 2. The van der Waals surface area contributed by atoms with Crippen molar-refractivity contribution in [2.24, 2.45) is 0 Å². The van der Waals surface area contributed by atoms with Gasteiger partial charge in [-0.2, -0.15) is 0 Å². The van der Waals surface area contributed by atoms with Crippen LogP contribution in [0.15, 0.2) is 42.6 Å². The summed E-state index contributed by atoms with van der Waals surface area (Å²) in [5.74, 6) is 1.56. The van der Waals surface area contributed by atoms with Gasteiger partial charge in [0.2, 0.25) is 0 Å². The van der Waals surface area contributed by atoms with Gasteiger partial charge in [0.1, 0.15) is 24.6 Å². The van der Waals surface area contributed by atoms with Gasteiger partial charge in [0, 0.05) is 18.8 Å². The fourth-order valence-electron chi connectivity index (χ4n) is 3.64. The fraction of sp³-hybridized carbons (Fsp3) is 0.333. The fourth-order valence-corrected chi connectivity index (χ4v) is 3.64. The number of imidazole rings is 1. The van der Waals surface area contributed by atoms with Crippen molar-refractivity contribution in [2.75, 3.05) is 13.2 Å². The van der Waals surface area contributed by atoms with Crippen LogP contribution >= 0.6 is 0 Å². The van der Waals surface area contributed by atoms with E-state index in [1.165, 1.54) is 0 Å². The third-order valence-corrected chi connectivity index (χ3v) is 5.11. The second-order valence-electron chi connectivity index (χ2n) is 7.12. The number of rotatable bonds is 4. The van der Waals surface area contributed by atoms with Crippen molar-refractivity contribution in [2.45, 2.75) is 32.4 Å². The molecular weight excluding hydrogens is 342 g/mol. The number of carbonyl (C=O) groups is 1.